The van der Waals surface area contributed by atoms with Crippen molar-refractivity contribution in [1.82, 2.24) is 0 Å². The van der Waals surface area contributed by atoms with Crippen molar-refractivity contribution >= 4 is 46.4 Å². The van der Waals surface area contributed by atoms with E-state index in [-0.39, 0.29) is 5.38 Å². The monoisotopic (exact) mass is 334 g/mol. The number of alkyl halides is 4. The molecule has 4 heteroatoms. The van der Waals surface area contributed by atoms with Gasteiger partial charge in [-0.25, -0.2) is 0 Å². The quantitative estimate of drug-likeness (QED) is 0.275. The molecule has 0 bridgehead atoms. The molecule has 0 aromatic carbocycles. The van der Waals surface area contributed by atoms with E-state index in [1.807, 2.05) is 0 Å². The Morgan fingerprint density at radius 3 is 1.67 bits per heavy atom. The van der Waals surface area contributed by atoms with Gasteiger partial charge in [-0.05, 0) is 6.42 Å². The van der Waals surface area contributed by atoms with Gasteiger partial charge in [0.25, 0.3) is 0 Å². The van der Waals surface area contributed by atoms with E-state index in [1.54, 1.807) is 0 Å². The third-order valence-electron chi connectivity index (χ3n) is 3.07. The summed E-state index contributed by atoms with van der Waals surface area (Å²) in [7, 11) is 0. The molecule has 0 saturated heterocycles. The summed E-state index contributed by atoms with van der Waals surface area (Å²) in [6, 6.07) is 0. The number of hydrogen-bond donors (Lipinski definition) is 0. The highest BCUT2D eigenvalue weighted by molar-refractivity contribution is 6.67. The molecule has 18 heavy (non-hydrogen) atoms. The molecule has 0 aliphatic carbocycles. The molecule has 0 radical (unpaired) electrons. The minimum atomic E-state index is -1.20. The van der Waals surface area contributed by atoms with Crippen LogP contribution in [0.1, 0.15) is 77.6 Å². The summed E-state index contributed by atoms with van der Waals surface area (Å²) in [6.45, 7) is 2.25. The van der Waals surface area contributed by atoms with E-state index < -0.39 is 3.79 Å². The largest absolute Gasteiger partial charge is 0.192 e. The molecule has 0 heterocycles. The first-order valence-electron chi connectivity index (χ1n) is 7.16. The first kappa shape index (κ1) is 19.2. The molecule has 1 unspecified atom stereocenters. The Morgan fingerprint density at radius 1 is 0.778 bits per heavy atom. The fourth-order valence-corrected chi connectivity index (χ4v) is 3.21. The first-order chi connectivity index (χ1) is 8.45. The Hall–Kier alpha value is 1.16. The van der Waals surface area contributed by atoms with Crippen LogP contribution in [0, 0.1) is 0 Å². The van der Waals surface area contributed by atoms with Gasteiger partial charge in [-0.2, -0.15) is 0 Å². The third kappa shape index (κ3) is 15.2. The zero-order valence-corrected chi connectivity index (χ0v) is 14.4. The van der Waals surface area contributed by atoms with Crippen LogP contribution < -0.4 is 0 Å². The van der Waals surface area contributed by atoms with Gasteiger partial charge >= 0.3 is 0 Å². The summed E-state index contributed by atoms with van der Waals surface area (Å²) in [5, 5.41) is -0.0120. The average Bonchev–Trinajstić information content (AvgIpc) is 2.24. The van der Waals surface area contributed by atoms with Crippen LogP contribution in [0.15, 0.2) is 0 Å². The van der Waals surface area contributed by atoms with Crippen molar-refractivity contribution in [3.05, 3.63) is 0 Å². The smallest absolute Gasteiger partial charge is 0.123 e. The summed E-state index contributed by atoms with van der Waals surface area (Å²) in [5.74, 6) is 0. The van der Waals surface area contributed by atoms with Crippen LogP contribution in [0.5, 0.6) is 0 Å². The van der Waals surface area contributed by atoms with Crippen LogP contribution >= 0.6 is 46.4 Å². The molecule has 0 aromatic heterocycles. The minimum absolute atomic E-state index is 0.0120. The van der Waals surface area contributed by atoms with E-state index >= 15 is 0 Å². The zero-order valence-electron chi connectivity index (χ0n) is 11.4. The Kier molecular flexibility index (Phi) is 12.7. The molecular weight excluding hydrogens is 310 g/mol. The van der Waals surface area contributed by atoms with Crippen molar-refractivity contribution in [1.29, 1.82) is 0 Å². The van der Waals surface area contributed by atoms with Crippen LogP contribution in [-0.2, 0) is 0 Å². The summed E-state index contributed by atoms with van der Waals surface area (Å²) >= 11 is 23.2. The summed E-state index contributed by atoms with van der Waals surface area (Å²) in [4.78, 5) is 0. The maximum absolute atomic E-state index is 6.11. The van der Waals surface area contributed by atoms with E-state index in [1.165, 1.54) is 51.4 Å². The van der Waals surface area contributed by atoms with Gasteiger partial charge in [-0.1, -0.05) is 99.5 Å². The van der Waals surface area contributed by atoms with Crippen molar-refractivity contribution in [2.45, 2.75) is 86.7 Å². The number of halogens is 4. The molecule has 0 fully saturated rings. The predicted octanol–water partition coefficient (Wildman–Crippen LogP) is 7.28. The Morgan fingerprint density at radius 2 is 1.22 bits per heavy atom. The van der Waals surface area contributed by atoms with E-state index in [0.717, 1.165) is 12.8 Å². The molecule has 0 aromatic rings. The second-order valence-corrected chi connectivity index (χ2v) is 8.17. The molecule has 0 saturated carbocycles. The van der Waals surface area contributed by atoms with Crippen LogP contribution in [0.4, 0.5) is 0 Å². The molecule has 0 rings (SSSR count). The Balaban J connectivity index is 3.20. The fourth-order valence-electron chi connectivity index (χ4n) is 2.03. The van der Waals surface area contributed by atoms with Gasteiger partial charge in [0.2, 0.25) is 0 Å². The lowest BCUT2D eigenvalue weighted by atomic mass is 10.1. The van der Waals surface area contributed by atoms with Gasteiger partial charge in [0, 0.05) is 11.8 Å². The third-order valence-corrected chi connectivity index (χ3v) is 3.91. The maximum atomic E-state index is 6.11. The van der Waals surface area contributed by atoms with Gasteiger partial charge in [-0.15, -0.1) is 11.6 Å². The van der Waals surface area contributed by atoms with Gasteiger partial charge in [0.15, 0.2) is 3.79 Å². The highest BCUT2D eigenvalue weighted by Crippen LogP contribution is 2.34. The van der Waals surface area contributed by atoms with Crippen molar-refractivity contribution < 1.29 is 0 Å². The molecule has 0 amide bonds. The second kappa shape index (κ2) is 11.9. The lowest BCUT2D eigenvalue weighted by Gasteiger charge is -2.15. The summed E-state index contributed by atoms with van der Waals surface area (Å²) in [6.07, 6.45) is 13.3. The van der Waals surface area contributed by atoms with Crippen molar-refractivity contribution in [3.63, 3.8) is 0 Å². The molecule has 0 N–H and O–H groups in total. The molecule has 0 aliphatic rings. The molecule has 0 aliphatic heterocycles. The van der Waals surface area contributed by atoms with Crippen molar-refractivity contribution in [3.8, 4) is 0 Å². The van der Waals surface area contributed by atoms with Crippen LogP contribution in [0.2, 0.25) is 0 Å². The lowest BCUT2D eigenvalue weighted by Crippen LogP contribution is -2.11. The SMILES string of the molecule is CCCCCCCCCCCC(Cl)CC(Cl)(Cl)Cl. The summed E-state index contributed by atoms with van der Waals surface area (Å²) < 4.78 is -1.20. The van der Waals surface area contributed by atoms with Gasteiger partial charge in [0.1, 0.15) is 0 Å². The fraction of sp³-hybridized carbons (Fsp3) is 1.00. The maximum Gasteiger partial charge on any atom is 0.192 e. The van der Waals surface area contributed by atoms with Crippen LogP contribution in [-0.4, -0.2) is 9.17 Å². The molecular formula is C14H26Cl4. The van der Waals surface area contributed by atoms with E-state index in [0.29, 0.717) is 6.42 Å². The first-order valence-corrected chi connectivity index (χ1v) is 8.73. The molecule has 110 valence electrons. The van der Waals surface area contributed by atoms with E-state index in [4.69, 9.17) is 46.4 Å². The second-order valence-electron chi connectivity index (χ2n) is 5.03. The summed E-state index contributed by atoms with van der Waals surface area (Å²) in [5.41, 5.74) is 0. The molecule has 0 spiro atoms. The number of unbranched alkanes of at least 4 members (excludes halogenated alkanes) is 8. The average molecular weight is 336 g/mol. The number of hydrogen-bond acceptors (Lipinski definition) is 0. The predicted molar refractivity (Wildman–Crippen MR) is 86.4 cm³/mol. The van der Waals surface area contributed by atoms with Crippen molar-refractivity contribution in [2.75, 3.05) is 0 Å². The van der Waals surface area contributed by atoms with Crippen molar-refractivity contribution in [2.24, 2.45) is 0 Å². The zero-order chi connectivity index (χ0) is 13.9. The highest BCUT2D eigenvalue weighted by atomic mass is 35.6. The topological polar surface area (TPSA) is 0 Å². The van der Waals surface area contributed by atoms with E-state index in [9.17, 15) is 0 Å². The van der Waals surface area contributed by atoms with E-state index in [2.05, 4.69) is 6.92 Å². The lowest BCUT2D eigenvalue weighted by molar-refractivity contribution is 0.547. The highest BCUT2D eigenvalue weighted by Gasteiger charge is 2.23. The molecule has 0 nitrogen and oxygen atoms in total. The van der Waals surface area contributed by atoms with Gasteiger partial charge in [-0.3, -0.25) is 0 Å². The van der Waals surface area contributed by atoms with Crippen LogP contribution in [0.3, 0.4) is 0 Å². The Bertz CT molecular complexity index is 177. The molecule has 1 atom stereocenters. The minimum Gasteiger partial charge on any atom is -0.123 e. The Labute approximate surface area is 133 Å². The normalized spacial score (nSPS) is 13.8. The van der Waals surface area contributed by atoms with Gasteiger partial charge < -0.3 is 0 Å². The number of rotatable bonds is 11. The van der Waals surface area contributed by atoms with Crippen LogP contribution in [0.25, 0.3) is 0 Å². The standard InChI is InChI=1S/C14H26Cl4/c1-2-3-4-5-6-7-8-9-10-11-13(15)12-14(16,17)18/h13H,2-12H2,1H3. The van der Waals surface area contributed by atoms with Gasteiger partial charge in [0.05, 0.1) is 0 Å².